The molecular weight excluding hydrogens is 438 g/mol. The molecule has 0 atom stereocenters. The topological polar surface area (TPSA) is 53.7 Å². The predicted octanol–water partition coefficient (Wildman–Crippen LogP) is 4.14. The molecule has 1 aliphatic rings. The molecule has 6 nitrogen and oxygen atoms in total. The average Bonchev–Trinajstić information content (AvgIpc) is 3.16. The van der Waals surface area contributed by atoms with Crippen molar-refractivity contribution in [2.75, 3.05) is 26.2 Å². The Labute approximate surface area is 188 Å². The fourth-order valence-corrected chi connectivity index (χ4v) is 3.83. The van der Waals surface area contributed by atoms with Crippen LogP contribution in [0.3, 0.4) is 0 Å². The van der Waals surface area contributed by atoms with Crippen molar-refractivity contribution >= 4 is 11.6 Å². The quantitative estimate of drug-likeness (QED) is 0.548. The lowest BCUT2D eigenvalue weighted by Gasteiger charge is -2.34. The van der Waals surface area contributed by atoms with E-state index in [2.05, 4.69) is 15.0 Å². The van der Waals surface area contributed by atoms with Crippen molar-refractivity contribution in [2.24, 2.45) is 0 Å². The Bertz CT molecular complexity index is 1170. The fourth-order valence-electron chi connectivity index (χ4n) is 3.83. The van der Waals surface area contributed by atoms with E-state index in [9.17, 15) is 22.4 Å². The Morgan fingerprint density at radius 2 is 1.73 bits per heavy atom. The van der Waals surface area contributed by atoms with E-state index >= 15 is 0 Å². The van der Waals surface area contributed by atoms with Gasteiger partial charge in [-0.1, -0.05) is 32.9 Å². The minimum Gasteiger partial charge on any atom is -0.335 e. The van der Waals surface area contributed by atoms with Crippen LogP contribution in [0.5, 0.6) is 0 Å². The van der Waals surface area contributed by atoms with E-state index in [1.54, 1.807) is 31.7 Å². The van der Waals surface area contributed by atoms with Gasteiger partial charge in [-0.3, -0.25) is 9.69 Å². The third-order valence-electron chi connectivity index (χ3n) is 5.66. The van der Waals surface area contributed by atoms with Gasteiger partial charge in [-0.15, -0.1) is 0 Å². The van der Waals surface area contributed by atoms with Crippen molar-refractivity contribution in [1.82, 2.24) is 24.4 Å². The van der Waals surface area contributed by atoms with Gasteiger partial charge >= 0.3 is 6.18 Å². The highest BCUT2D eigenvalue weighted by atomic mass is 19.4. The number of alkyl halides is 3. The Morgan fingerprint density at radius 3 is 2.33 bits per heavy atom. The SMILES string of the molecule is CC(C)(C)c1cc(C(F)(F)F)n2nc(C(=O)N3CCN(Cc4cccc(F)c4)CC3)cc2n1. The molecule has 1 aromatic carbocycles. The highest BCUT2D eigenvalue weighted by Gasteiger charge is 2.37. The van der Waals surface area contributed by atoms with Crippen LogP contribution in [0.4, 0.5) is 17.6 Å². The Balaban J connectivity index is 1.53. The van der Waals surface area contributed by atoms with Gasteiger partial charge < -0.3 is 4.90 Å². The molecule has 176 valence electrons. The summed E-state index contributed by atoms with van der Waals surface area (Å²) in [5.74, 6) is -0.731. The van der Waals surface area contributed by atoms with Gasteiger partial charge in [0.2, 0.25) is 0 Å². The molecule has 3 heterocycles. The van der Waals surface area contributed by atoms with Crippen LogP contribution in [-0.4, -0.2) is 56.5 Å². The van der Waals surface area contributed by atoms with Crippen molar-refractivity contribution < 1.29 is 22.4 Å². The van der Waals surface area contributed by atoms with Gasteiger partial charge in [0, 0.05) is 44.2 Å². The van der Waals surface area contributed by atoms with Gasteiger partial charge in [0.15, 0.2) is 11.3 Å². The average molecular weight is 463 g/mol. The number of aromatic nitrogens is 3. The van der Waals surface area contributed by atoms with Crippen molar-refractivity contribution in [3.8, 4) is 0 Å². The maximum absolute atomic E-state index is 13.7. The van der Waals surface area contributed by atoms with E-state index in [4.69, 9.17) is 0 Å². The number of hydrogen-bond acceptors (Lipinski definition) is 4. The lowest BCUT2D eigenvalue weighted by Crippen LogP contribution is -2.48. The minimum atomic E-state index is -4.64. The predicted molar refractivity (Wildman–Crippen MR) is 114 cm³/mol. The molecule has 0 N–H and O–H groups in total. The summed E-state index contributed by atoms with van der Waals surface area (Å²) in [6.45, 7) is 7.81. The van der Waals surface area contributed by atoms with E-state index in [-0.39, 0.29) is 22.9 Å². The normalized spacial score (nSPS) is 15.9. The first-order valence-corrected chi connectivity index (χ1v) is 10.7. The number of nitrogens with zero attached hydrogens (tertiary/aromatic N) is 5. The Morgan fingerprint density at radius 1 is 1.03 bits per heavy atom. The van der Waals surface area contributed by atoms with E-state index < -0.39 is 23.2 Å². The maximum atomic E-state index is 13.7. The second kappa shape index (κ2) is 8.40. The molecule has 0 radical (unpaired) electrons. The molecule has 1 aliphatic heterocycles. The summed E-state index contributed by atoms with van der Waals surface area (Å²) in [5, 5.41) is 3.96. The highest BCUT2D eigenvalue weighted by Crippen LogP contribution is 2.32. The van der Waals surface area contributed by atoms with E-state index in [0.29, 0.717) is 37.2 Å². The number of piperazine rings is 1. The Hall–Kier alpha value is -3.01. The number of fused-ring (bicyclic) bond motifs is 1. The number of hydrogen-bond donors (Lipinski definition) is 0. The van der Waals surface area contributed by atoms with Crippen molar-refractivity contribution in [3.63, 3.8) is 0 Å². The van der Waals surface area contributed by atoms with Crippen molar-refractivity contribution in [3.05, 3.63) is 64.9 Å². The van der Waals surface area contributed by atoms with E-state index in [1.165, 1.54) is 18.2 Å². The van der Waals surface area contributed by atoms with Crippen molar-refractivity contribution in [2.45, 2.75) is 38.9 Å². The fraction of sp³-hybridized carbons (Fsp3) is 0.435. The first-order chi connectivity index (χ1) is 15.4. The molecule has 10 heteroatoms. The van der Waals surface area contributed by atoms with Gasteiger partial charge in [-0.25, -0.2) is 13.9 Å². The summed E-state index contributed by atoms with van der Waals surface area (Å²) < 4.78 is 55.2. The van der Waals surface area contributed by atoms with Crippen LogP contribution in [0.1, 0.15) is 48.2 Å². The molecule has 33 heavy (non-hydrogen) atoms. The van der Waals surface area contributed by atoms with Gasteiger partial charge in [0.25, 0.3) is 5.91 Å². The summed E-state index contributed by atoms with van der Waals surface area (Å²) in [4.78, 5) is 21.0. The zero-order valence-corrected chi connectivity index (χ0v) is 18.7. The molecule has 1 saturated heterocycles. The van der Waals surface area contributed by atoms with Gasteiger partial charge in [0.05, 0.1) is 5.69 Å². The molecule has 0 bridgehead atoms. The van der Waals surface area contributed by atoms with Crippen LogP contribution in [0.2, 0.25) is 0 Å². The summed E-state index contributed by atoms with van der Waals surface area (Å²) in [5.41, 5.74) is -0.534. The number of benzene rings is 1. The number of halogens is 4. The number of carbonyl (C=O) groups is 1. The van der Waals surface area contributed by atoms with Crippen LogP contribution >= 0.6 is 0 Å². The smallest absolute Gasteiger partial charge is 0.335 e. The molecule has 3 aromatic rings. The molecule has 0 spiro atoms. The molecule has 4 rings (SSSR count). The summed E-state index contributed by atoms with van der Waals surface area (Å²) in [7, 11) is 0. The molecule has 0 aliphatic carbocycles. The second-order valence-electron chi connectivity index (χ2n) is 9.27. The third kappa shape index (κ3) is 5.00. The zero-order chi connectivity index (χ0) is 24.0. The highest BCUT2D eigenvalue weighted by molar-refractivity contribution is 5.93. The summed E-state index contributed by atoms with van der Waals surface area (Å²) >= 11 is 0. The minimum absolute atomic E-state index is 0.0113. The van der Waals surface area contributed by atoms with Gasteiger partial charge in [0.1, 0.15) is 11.5 Å². The first-order valence-electron chi connectivity index (χ1n) is 10.7. The third-order valence-corrected chi connectivity index (χ3v) is 5.66. The lowest BCUT2D eigenvalue weighted by molar-refractivity contribution is -0.142. The molecular formula is C23H25F4N5O. The lowest BCUT2D eigenvalue weighted by atomic mass is 9.91. The largest absolute Gasteiger partial charge is 0.433 e. The number of amides is 1. The van der Waals surface area contributed by atoms with Gasteiger partial charge in [-0.2, -0.15) is 18.3 Å². The first kappa shape index (κ1) is 23.2. The zero-order valence-electron chi connectivity index (χ0n) is 18.7. The van der Waals surface area contributed by atoms with E-state index in [0.717, 1.165) is 11.6 Å². The molecule has 0 unspecified atom stereocenters. The summed E-state index contributed by atoms with van der Waals surface area (Å²) in [6.07, 6.45) is -4.64. The standard InChI is InChI=1S/C23H25F4N5O/c1-22(2,3)18-13-19(23(25,26)27)32-20(28-18)12-17(29-32)21(33)31-9-7-30(8-10-31)14-15-5-4-6-16(24)11-15/h4-6,11-13H,7-10,14H2,1-3H3. The molecule has 1 amide bonds. The van der Waals surface area contributed by atoms with Crippen LogP contribution in [0, 0.1) is 5.82 Å². The maximum Gasteiger partial charge on any atom is 0.433 e. The molecule has 2 aromatic heterocycles. The monoisotopic (exact) mass is 463 g/mol. The molecule has 1 fully saturated rings. The van der Waals surface area contributed by atoms with E-state index in [1.807, 2.05) is 6.07 Å². The summed E-state index contributed by atoms with van der Waals surface area (Å²) in [6, 6.07) is 8.66. The number of carbonyl (C=O) groups excluding carboxylic acids is 1. The molecule has 0 saturated carbocycles. The Kier molecular flexibility index (Phi) is 5.90. The van der Waals surface area contributed by atoms with Crippen molar-refractivity contribution in [1.29, 1.82) is 0 Å². The second-order valence-corrected chi connectivity index (χ2v) is 9.27. The van der Waals surface area contributed by atoms with Crippen LogP contribution < -0.4 is 0 Å². The number of rotatable bonds is 3. The van der Waals surface area contributed by atoms with Gasteiger partial charge in [-0.05, 0) is 23.8 Å². The van der Waals surface area contributed by atoms with Crippen LogP contribution in [0.25, 0.3) is 5.65 Å². The van der Waals surface area contributed by atoms with Crippen LogP contribution in [0.15, 0.2) is 36.4 Å². The van der Waals surface area contributed by atoms with Crippen LogP contribution in [-0.2, 0) is 18.1 Å².